The Morgan fingerprint density at radius 2 is 1.95 bits per heavy atom. The Labute approximate surface area is 126 Å². The van der Waals surface area contributed by atoms with Crippen LogP contribution in [0.2, 0.25) is 5.02 Å². The van der Waals surface area contributed by atoms with Crippen LogP contribution >= 0.6 is 11.6 Å². The Hall–Kier alpha value is -0.620. The van der Waals surface area contributed by atoms with Gasteiger partial charge in [0.1, 0.15) is 4.90 Å². The van der Waals surface area contributed by atoms with Crippen molar-refractivity contribution in [2.75, 3.05) is 13.2 Å². The summed E-state index contributed by atoms with van der Waals surface area (Å²) in [4.78, 5) is 0.0916. The molecule has 0 aliphatic heterocycles. The van der Waals surface area contributed by atoms with Crippen molar-refractivity contribution in [1.29, 1.82) is 0 Å². The number of halogens is 1. The van der Waals surface area contributed by atoms with Crippen molar-refractivity contribution < 1.29 is 13.5 Å². The summed E-state index contributed by atoms with van der Waals surface area (Å²) >= 11 is 5.91. The van der Waals surface area contributed by atoms with Gasteiger partial charge in [0, 0.05) is 13.2 Å². The number of nitrogens with one attached hydrogen (secondary N) is 1. The monoisotopic (exact) mass is 319 g/mol. The Morgan fingerprint density at radius 1 is 1.30 bits per heavy atom. The standard InChI is InChI=1S/C14H22ClNO3S/c1-11(2)9-12(7-8-17)10-16-20(18,19)14-6-4-3-5-13(14)15/h3-6,11-12,16-17H,7-10H2,1-2H3. The van der Waals surface area contributed by atoms with Crippen LogP contribution < -0.4 is 4.72 Å². The summed E-state index contributed by atoms with van der Waals surface area (Å²) in [6.07, 6.45) is 1.45. The van der Waals surface area contributed by atoms with Gasteiger partial charge >= 0.3 is 0 Å². The third kappa shape index (κ3) is 5.40. The molecule has 0 aliphatic carbocycles. The fourth-order valence-electron chi connectivity index (χ4n) is 2.12. The maximum atomic E-state index is 12.2. The Kier molecular flexibility index (Phi) is 6.95. The number of benzene rings is 1. The highest BCUT2D eigenvalue weighted by Gasteiger charge is 2.19. The van der Waals surface area contributed by atoms with Crippen LogP contribution in [-0.4, -0.2) is 26.7 Å². The topological polar surface area (TPSA) is 66.4 Å². The summed E-state index contributed by atoms with van der Waals surface area (Å²) in [7, 11) is -3.60. The second-order valence-corrected chi connectivity index (χ2v) is 7.43. The Bertz CT molecular complexity index is 517. The van der Waals surface area contributed by atoms with E-state index in [1.807, 2.05) is 0 Å². The minimum absolute atomic E-state index is 0.0607. The number of hydrogen-bond donors (Lipinski definition) is 2. The molecule has 0 saturated heterocycles. The highest BCUT2D eigenvalue weighted by Crippen LogP contribution is 2.21. The van der Waals surface area contributed by atoms with E-state index >= 15 is 0 Å². The minimum Gasteiger partial charge on any atom is -0.396 e. The first kappa shape index (κ1) is 17.4. The van der Waals surface area contributed by atoms with Crippen LogP contribution in [0.4, 0.5) is 0 Å². The van der Waals surface area contributed by atoms with Crippen molar-refractivity contribution >= 4 is 21.6 Å². The van der Waals surface area contributed by atoms with Crippen molar-refractivity contribution in [1.82, 2.24) is 4.72 Å². The van der Waals surface area contributed by atoms with Crippen LogP contribution in [0.25, 0.3) is 0 Å². The summed E-state index contributed by atoms with van der Waals surface area (Å²) in [5.41, 5.74) is 0. The molecule has 20 heavy (non-hydrogen) atoms. The van der Waals surface area contributed by atoms with E-state index in [0.29, 0.717) is 18.9 Å². The first-order valence-corrected chi connectivity index (χ1v) is 8.58. The van der Waals surface area contributed by atoms with Crippen LogP contribution in [0.3, 0.4) is 0 Å². The smallest absolute Gasteiger partial charge is 0.242 e. The third-order valence-corrected chi connectivity index (χ3v) is 4.95. The molecule has 0 radical (unpaired) electrons. The van der Waals surface area contributed by atoms with Crippen LogP contribution in [-0.2, 0) is 10.0 Å². The molecule has 1 rings (SSSR count). The first-order valence-electron chi connectivity index (χ1n) is 6.72. The molecule has 1 aromatic rings. The zero-order chi connectivity index (χ0) is 15.2. The molecular formula is C14H22ClNO3S. The molecule has 1 atom stereocenters. The van der Waals surface area contributed by atoms with Gasteiger partial charge in [-0.25, -0.2) is 13.1 Å². The van der Waals surface area contributed by atoms with Crippen molar-refractivity contribution in [2.45, 2.75) is 31.6 Å². The number of aliphatic hydroxyl groups excluding tert-OH is 1. The number of hydrogen-bond acceptors (Lipinski definition) is 3. The zero-order valence-corrected chi connectivity index (χ0v) is 13.4. The van der Waals surface area contributed by atoms with E-state index in [1.165, 1.54) is 6.07 Å². The molecule has 0 spiro atoms. The van der Waals surface area contributed by atoms with Gasteiger partial charge in [0.2, 0.25) is 10.0 Å². The quantitative estimate of drug-likeness (QED) is 0.774. The van der Waals surface area contributed by atoms with E-state index in [1.54, 1.807) is 18.2 Å². The molecule has 0 aliphatic rings. The molecule has 0 bridgehead atoms. The molecule has 4 nitrogen and oxygen atoms in total. The van der Waals surface area contributed by atoms with Crippen molar-refractivity contribution in [2.24, 2.45) is 11.8 Å². The maximum Gasteiger partial charge on any atom is 0.242 e. The van der Waals surface area contributed by atoms with Crippen molar-refractivity contribution in [3.8, 4) is 0 Å². The van der Waals surface area contributed by atoms with Gasteiger partial charge in [0.15, 0.2) is 0 Å². The van der Waals surface area contributed by atoms with Crippen LogP contribution in [0.1, 0.15) is 26.7 Å². The zero-order valence-electron chi connectivity index (χ0n) is 11.8. The summed E-state index contributed by atoms with van der Waals surface area (Å²) in [6.45, 7) is 4.53. The van der Waals surface area contributed by atoms with Crippen LogP contribution in [0.15, 0.2) is 29.2 Å². The van der Waals surface area contributed by atoms with E-state index in [9.17, 15) is 8.42 Å². The predicted molar refractivity (Wildman–Crippen MR) is 81.3 cm³/mol. The Morgan fingerprint density at radius 3 is 2.50 bits per heavy atom. The largest absolute Gasteiger partial charge is 0.396 e. The van der Waals surface area contributed by atoms with E-state index in [4.69, 9.17) is 16.7 Å². The molecular weight excluding hydrogens is 298 g/mol. The summed E-state index contributed by atoms with van der Waals surface area (Å²) in [5.74, 6) is 0.577. The van der Waals surface area contributed by atoms with Crippen LogP contribution in [0.5, 0.6) is 0 Å². The maximum absolute atomic E-state index is 12.2. The second kappa shape index (κ2) is 7.98. The van der Waals surface area contributed by atoms with Crippen molar-refractivity contribution in [3.05, 3.63) is 29.3 Å². The molecule has 0 aromatic heterocycles. The fraction of sp³-hybridized carbons (Fsp3) is 0.571. The molecule has 0 saturated carbocycles. The lowest BCUT2D eigenvalue weighted by Crippen LogP contribution is -2.30. The molecule has 0 fully saturated rings. The fourth-order valence-corrected chi connectivity index (χ4v) is 3.75. The van der Waals surface area contributed by atoms with Gasteiger partial charge in [-0.2, -0.15) is 0 Å². The highest BCUT2D eigenvalue weighted by molar-refractivity contribution is 7.89. The minimum atomic E-state index is -3.60. The number of sulfonamides is 1. The molecule has 1 aromatic carbocycles. The second-order valence-electron chi connectivity index (χ2n) is 5.29. The number of aliphatic hydroxyl groups is 1. The predicted octanol–water partition coefficient (Wildman–Crippen LogP) is 2.66. The lowest BCUT2D eigenvalue weighted by Gasteiger charge is -2.18. The summed E-state index contributed by atoms with van der Waals surface area (Å²) in [6, 6.07) is 6.36. The van der Waals surface area contributed by atoms with Gasteiger partial charge in [-0.05, 0) is 36.8 Å². The highest BCUT2D eigenvalue weighted by atomic mass is 35.5. The van der Waals surface area contributed by atoms with Crippen LogP contribution in [0, 0.1) is 11.8 Å². The SMILES string of the molecule is CC(C)CC(CCO)CNS(=O)(=O)c1ccccc1Cl. The van der Waals surface area contributed by atoms with E-state index in [2.05, 4.69) is 18.6 Å². The molecule has 1 unspecified atom stereocenters. The average Bonchev–Trinajstić information content (AvgIpc) is 2.36. The molecule has 0 heterocycles. The first-order chi connectivity index (χ1) is 9.36. The van der Waals surface area contributed by atoms with Gasteiger partial charge in [0.25, 0.3) is 0 Å². The van der Waals surface area contributed by atoms with E-state index in [-0.39, 0.29) is 22.4 Å². The van der Waals surface area contributed by atoms with Gasteiger partial charge in [0.05, 0.1) is 5.02 Å². The summed E-state index contributed by atoms with van der Waals surface area (Å²) < 4.78 is 27.0. The lowest BCUT2D eigenvalue weighted by atomic mass is 9.95. The average molecular weight is 320 g/mol. The summed E-state index contributed by atoms with van der Waals surface area (Å²) in [5, 5.41) is 9.25. The molecule has 0 amide bonds. The molecule has 2 N–H and O–H groups in total. The lowest BCUT2D eigenvalue weighted by molar-refractivity contribution is 0.243. The third-order valence-electron chi connectivity index (χ3n) is 3.03. The van der Waals surface area contributed by atoms with E-state index in [0.717, 1.165) is 6.42 Å². The molecule has 6 heteroatoms. The van der Waals surface area contributed by atoms with Gasteiger partial charge in [-0.1, -0.05) is 37.6 Å². The Balaban J connectivity index is 2.73. The molecule has 114 valence electrons. The number of rotatable bonds is 8. The normalized spacial score (nSPS) is 13.7. The van der Waals surface area contributed by atoms with Gasteiger partial charge in [-0.3, -0.25) is 0 Å². The van der Waals surface area contributed by atoms with Gasteiger partial charge in [-0.15, -0.1) is 0 Å². The van der Waals surface area contributed by atoms with Crippen molar-refractivity contribution in [3.63, 3.8) is 0 Å². The van der Waals surface area contributed by atoms with E-state index < -0.39 is 10.0 Å². The van der Waals surface area contributed by atoms with Gasteiger partial charge < -0.3 is 5.11 Å².